The quantitative estimate of drug-likeness (QED) is 0.826. The molecule has 88 valence electrons. The van der Waals surface area contributed by atoms with Crippen molar-refractivity contribution in [3.8, 4) is 0 Å². The van der Waals surface area contributed by atoms with Crippen LogP contribution in [0.25, 0.3) is 0 Å². The van der Waals surface area contributed by atoms with Crippen molar-refractivity contribution in [3.05, 3.63) is 52.0 Å². The molecule has 2 rings (SSSR count). The molecule has 2 aromatic rings. The van der Waals surface area contributed by atoms with Gasteiger partial charge in [-0.15, -0.1) is 11.3 Å². The van der Waals surface area contributed by atoms with Gasteiger partial charge in [0.15, 0.2) is 0 Å². The summed E-state index contributed by atoms with van der Waals surface area (Å²) in [5, 5.41) is 2.89. The van der Waals surface area contributed by atoms with Crippen LogP contribution in [0.5, 0.6) is 0 Å². The van der Waals surface area contributed by atoms with Gasteiger partial charge >= 0.3 is 0 Å². The maximum absolute atomic E-state index is 12.1. The summed E-state index contributed by atoms with van der Waals surface area (Å²) in [6, 6.07) is 9.88. The predicted octanol–water partition coefficient (Wildman–Crippen LogP) is 3.37. The SMILES string of the molecule is Cc1csc(CC(=O)C(C)c2ccccc2)n1. The van der Waals surface area contributed by atoms with Crippen molar-refractivity contribution in [2.24, 2.45) is 0 Å². The number of carbonyl (C=O) groups excluding carboxylic acids is 1. The Labute approximate surface area is 105 Å². The molecule has 2 nitrogen and oxygen atoms in total. The van der Waals surface area contributed by atoms with E-state index in [0.29, 0.717) is 6.42 Å². The molecule has 0 bridgehead atoms. The Bertz CT molecular complexity index is 504. The molecule has 0 spiro atoms. The Hall–Kier alpha value is -1.48. The van der Waals surface area contributed by atoms with Gasteiger partial charge in [-0.25, -0.2) is 4.98 Å². The Kier molecular flexibility index (Phi) is 3.69. The molecule has 0 saturated carbocycles. The number of rotatable bonds is 4. The van der Waals surface area contributed by atoms with Gasteiger partial charge in [0.25, 0.3) is 0 Å². The summed E-state index contributed by atoms with van der Waals surface area (Å²) in [5.74, 6) is 0.172. The average Bonchev–Trinajstić information content (AvgIpc) is 2.75. The summed E-state index contributed by atoms with van der Waals surface area (Å²) in [4.78, 5) is 16.4. The first-order valence-corrected chi connectivity index (χ1v) is 6.53. The minimum atomic E-state index is -0.0552. The third-order valence-corrected chi connectivity index (χ3v) is 3.74. The fourth-order valence-electron chi connectivity index (χ4n) is 1.71. The second-order valence-corrected chi connectivity index (χ2v) is 5.10. The number of nitrogens with zero attached hydrogens (tertiary/aromatic N) is 1. The molecule has 1 aromatic heterocycles. The zero-order valence-corrected chi connectivity index (χ0v) is 10.8. The molecule has 0 aliphatic heterocycles. The summed E-state index contributed by atoms with van der Waals surface area (Å²) in [5.41, 5.74) is 2.07. The zero-order valence-electron chi connectivity index (χ0n) is 10.0. The van der Waals surface area contributed by atoms with Crippen LogP contribution in [-0.4, -0.2) is 10.8 Å². The van der Waals surface area contributed by atoms with Gasteiger partial charge in [0, 0.05) is 17.0 Å². The molecule has 0 N–H and O–H groups in total. The highest BCUT2D eigenvalue weighted by Crippen LogP contribution is 2.19. The molecule has 0 saturated heterocycles. The van der Waals surface area contributed by atoms with Gasteiger partial charge in [0.2, 0.25) is 0 Å². The van der Waals surface area contributed by atoms with Crippen LogP contribution in [0.15, 0.2) is 35.7 Å². The lowest BCUT2D eigenvalue weighted by Crippen LogP contribution is -2.11. The van der Waals surface area contributed by atoms with Crippen molar-refractivity contribution >= 4 is 17.1 Å². The lowest BCUT2D eigenvalue weighted by Gasteiger charge is -2.09. The lowest BCUT2D eigenvalue weighted by molar-refractivity contribution is -0.119. The van der Waals surface area contributed by atoms with Crippen molar-refractivity contribution in [3.63, 3.8) is 0 Å². The summed E-state index contributed by atoms with van der Waals surface area (Å²) in [7, 11) is 0. The zero-order chi connectivity index (χ0) is 12.3. The molecule has 0 radical (unpaired) electrons. The van der Waals surface area contributed by atoms with E-state index < -0.39 is 0 Å². The summed E-state index contributed by atoms with van der Waals surface area (Å²) in [6.45, 7) is 3.91. The highest BCUT2D eigenvalue weighted by molar-refractivity contribution is 7.09. The van der Waals surface area contributed by atoms with Gasteiger partial charge in [-0.3, -0.25) is 4.79 Å². The number of thiazole rings is 1. The largest absolute Gasteiger partial charge is 0.299 e. The van der Waals surface area contributed by atoms with Gasteiger partial charge in [0.1, 0.15) is 10.8 Å². The van der Waals surface area contributed by atoms with Crippen LogP contribution < -0.4 is 0 Å². The maximum Gasteiger partial charge on any atom is 0.146 e. The van der Waals surface area contributed by atoms with Gasteiger partial charge in [-0.1, -0.05) is 37.3 Å². The third kappa shape index (κ3) is 3.01. The molecule has 1 heterocycles. The first kappa shape index (κ1) is 12.0. The minimum absolute atomic E-state index is 0.0552. The molecule has 1 atom stereocenters. The van der Waals surface area contributed by atoms with E-state index in [1.165, 1.54) is 0 Å². The fourth-order valence-corrected chi connectivity index (χ4v) is 2.50. The van der Waals surface area contributed by atoms with Crippen LogP contribution in [0, 0.1) is 6.92 Å². The van der Waals surface area contributed by atoms with E-state index in [2.05, 4.69) is 4.98 Å². The Morgan fingerprint density at radius 1 is 1.35 bits per heavy atom. The van der Waals surface area contributed by atoms with Crippen molar-refractivity contribution in [2.45, 2.75) is 26.2 Å². The molecule has 1 aromatic carbocycles. The molecule has 1 unspecified atom stereocenters. The molecule has 0 aliphatic carbocycles. The summed E-state index contributed by atoms with van der Waals surface area (Å²) >= 11 is 1.56. The van der Waals surface area contributed by atoms with Crippen molar-refractivity contribution in [1.82, 2.24) is 4.98 Å². The Morgan fingerprint density at radius 3 is 2.65 bits per heavy atom. The van der Waals surface area contributed by atoms with E-state index in [9.17, 15) is 4.79 Å². The number of aromatic nitrogens is 1. The van der Waals surface area contributed by atoms with E-state index in [-0.39, 0.29) is 11.7 Å². The first-order chi connectivity index (χ1) is 8.16. The van der Waals surface area contributed by atoms with Gasteiger partial charge in [0.05, 0.1) is 6.42 Å². The maximum atomic E-state index is 12.1. The molecule has 17 heavy (non-hydrogen) atoms. The van der Waals surface area contributed by atoms with Crippen LogP contribution in [0.2, 0.25) is 0 Å². The van der Waals surface area contributed by atoms with Gasteiger partial charge < -0.3 is 0 Å². The molecular formula is C14H15NOS. The monoisotopic (exact) mass is 245 g/mol. The van der Waals surface area contributed by atoms with Crippen LogP contribution in [0.3, 0.4) is 0 Å². The number of hydrogen-bond acceptors (Lipinski definition) is 3. The minimum Gasteiger partial charge on any atom is -0.299 e. The Morgan fingerprint density at radius 2 is 2.06 bits per heavy atom. The number of benzene rings is 1. The smallest absolute Gasteiger partial charge is 0.146 e. The third-order valence-electron chi connectivity index (χ3n) is 2.77. The van der Waals surface area contributed by atoms with Crippen LogP contribution in [-0.2, 0) is 11.2 Å². The first-order valence-electron chi connectivity index (χ1n) is 5.65. The second kappa shape index (κ2) is 5.23. The van der Waals surface area contributed by atoms with Crippen LogP contribution in [0.1, 0.15) is 29.1 Å². The standard InChI is InChI=1S/C14H15NOS/c1-10-9-17-14(15-10)8-13(16)11(2)12-6-4-3-5-7-12/h3-7,9,11H,8H2,1-2H3. The van der Waals surface area contributed by atoms with Crippen LogP contribution >= 0.6 is 11.3 Å². The van der Waals surface area contributed by atoms with E-state index in [1.807, 2.05) is 49.6 Å². The molecule has 0 fully saturated rings. The fraction of sp³-hybridized carbons (Fsp3) is 0.286. The number of ketones is 1. The highest BCUT2D eigenvalue weighted by atomic mass is 32.1. The van der Waals surface area contributed by atoms with E-state index in [0.717, 1.165) is 16.3 Å². The topological polar surface area (TPSA) is 30.0 Å². The van der Waals surface area contributed by atoms with Crippen molar-refractivity contribution < 1.29 is 4.79 Å². The number of hydrogen-bond donors (Lipinski definition) is 0. The predicted molar refractivity (Wildman–Crippen MR) is 70.4 cm³/mol. The summed E-state index contributed by atoms with van der Waals surface area (Å²) in [6.07, 6.45) is 0.439. The molecule has 3 heteroatoms. The van der Waals surface area contributed by atoms with Crippen molar-refractivity contribution in [1.29, 1.82) is 0 Å². The molecule has 0 amide bonds. The Balaban J connectivity index is 2.06. The normalized spacial score (nSPS) is 12.4. The number of Topliss-reactive ketones (excluding diaryl/α,β-unsaturated/α-hetero) is 1. The number of aryl methyl sites for hydroxylation is 1. The van der Waals surface area contributed by atoms with Gasteiger partial charge in [-0.05, 0) is 12.5 Å². The van der Waals surface area contributed by atoms with Crippen molar-refractivity contribution in [2.75, 3.05) is 0 Å². The average molecular weight is 245 g/mol. The van der Waals surface area contributed by atoms with E-state index in [1.54, 1.807) is 11.3 Å². The van der Waals surface area contributed by atoms with Gasteiger partial charge in [-0.2, -0.15) is 0 Å². The second-order valence-electron chi connectivity index (χ2n) is 4.16. The number of carbonyl (C=O) groups is 1. The lowest BCUT2D eigenvalue weighted by atomic mass is 9.95. The van der Waals surface area contributed by atoms with Crippen LogP contribution in [0.4, 0.5) is 0 Å². The molecular weight excluding hydrogens is 230 g/mol. The van der Waals surface area contributed by atoms with E-state index >= 15 is 0 Å². The highest BCUT2D eigenvalue weighted by Gasteiger charge is 2.16. The van der Waals surface area contributed by atoms with E-state index in [4.69, 9.17) is 0 Å². The molecule has 0 aliphatic rings. The summed E-state index contributed by atoms with van der Waals surface area (Å²) < 4.78 is 0.